The van der Waals surface area contributed by atoms with E-state index in [9.17, 15) is 12.8 Å². The summed E-state index contributed by atoms with van der Waals surface area (Å²) in [5, 5.41) is 6.59. The molecule has 154 valence electrons. The Kier molecular flexibility index (Phi) is 9.47. The first-order valence-corrected chi connectivity index (χ1v) is 11.2. The lowest BCUT2D eigenvalue weighted by Gasteiger charge is -2.25. The highest BCUT2D eigenvalue weighted by Gasteiger charge is 2.28. The molecule has 0 saturated heterocycles. The number of nitrogens with zero attached hydrogens (tertiary/aromatic N) is 1. The molecule has 1 saturated carbocycles. The first-order chi connectivity index (χ1) is 12.2. The fourth-order valence-electron chi connectivity index (χ4n) is 3.37. The molecule has 2 rings (SSSR count). The summed E-state index contributed by atoms with van der Waals surface area (Å²) in [5.41, 5.74) is 1.48. The van der Waals surface area contributed by atoms with Crippen LogP contribution in [0.1, 0.15) is 50.7 Å². The third-order valence-electron chi connectivity index (χ3n) is 4.83. The van der Waals surface area contributed by atoms with Gasteiger partial charge < -0.3 is 10.6 Å². The van der Waals surface area contributed by atoms with Crippen LogP contribution in [-0.4, -0.2) is 33.7 Å². The highest BCUT2D eigenvalue weighted by Crippen LogP contribution is 2.36. The van der Waals surface area contributed by atoms with Gasteiger partial charge in [0, 0.05) is 19.3 Å². The van der Waals surface area contributed by atoms with Gasteiger partial charge in [-0.1, -0.05) is 25.8 Å². The average molecular weight is 511 g/mol. The Bertz CT molecular complexity index is 747. The van der Waals surface area contributed by atoms with Gasteiger partial charge in [-0.05, 0) is 48.4 Å². The van der Waals surface area contributed by atoms with Crippen molar-refractivity contribution >= 4 is 39.8 Å². The Morgan fingerprint density at radius 1 is 1.22 bits per heavy atom. The summed E-state index contributed by atoms with van der Waals surface area (Å²) < 4.78 is 36.8. The predicted octanol–water partition coefficient (Wildman–Crippen LogP) is 3.62. The summed E-state index contributed by atoms with van der Waals surface area (Å²) in [4.78, 5) is 4.54. The third-order valence-corrected chi connectivity index (χ3v) is 5.67. The van der Waals surface area contributed by atoms with Crippen LogP contribution in [0.25, 0.3) is 0 Å². The van der Waals surface area contributed by atoms with E-state index >= 15 is 0 Å². The molecule has 27 heavy (non-hydrogen) atoms. The maximum atomic E-state index is 13.6. The van der Waals surface area contributed by atoms with Gasteiger partial charge >= 0.3 is 0 Å². The molecule has 0 unspecified atom stereocenters. The van der Waals surface area contributed by atoms with E-state index in [2.05, 4.69) is 22.5 Å². The van der Waals surface area contributed by atoms with Crippen LogP contribution in [0.15, 0.2) is 23.2 Å². The van der Waals surface area contributed by atoms with Gasteiger partial charge in [0.25, 0.3) is 0 Å². The second kappa shape index (κ2) is 10.6. The van der Waals surface area contributed by atoms with Crippen molar-refractivity contribution in [3.05, 3.63) is 35.1 Å². The van der Waals surface area contributed by atoms with Crippen molar-refractivity contribution in [3.63, 3.8) is 0 Å². The summed E-state index contributed by atoms with van der Waals surface area (Å²) in [6.45, 7) is 6.08. The predicted molar refractivity (Wildman–Crippen MR) is 120 cm³/mol. The Hall–Kier alpha value is -0.900. The number of rotatable bonds is 7. The number of benzene rings is 1. The zero-order chi connectivity index (χ0) is 19.2. The number of guanidine groups is 1. The minimum Gasteiger partial charge on any atom is -0.357 e. The van der Waals surface area contributed by atoms with Crippen LogP contribution < -0.4 is 10.6 Å². The Morgan fingerprint density at radius 2 is 1.89 bits per heavy atom. The van der Waals surface area contributed by atoms with Gasteiger partial charge in [-0.25, -0.2) is 17.8 Å². The van der Waals surface area contributed by atoms with E-state index in [1.807, 2.05) is 6.92 Å². The minimum absolute atomic E-state index is 0. The van der Waals surface area contributed by atoms with Crippen LogP contribution in [0.4, 0.5) is 4.39 Å². The van der Waals surface area contributed by atoms with E-state index in [4.69, 9.17) is 0 Å². The van der Waals surface area contributed by atoms with Crippen LogP contribution >= 0.6 is 24.0 Å². The molecule has 2 N–H and O–H groups in total. The van der Waals surface area contributed by atoms with Gasteiger partial charge in [-0.2, -0.15) is 0 Å². The fourth-order valence-corrected chi connectivity index (χ4v) is 4.22. The van der Waals surface area contributed by atoms with Crippen LogP contribution in [0.3, 0.4) is 0 Å². The zero-order valence-corrected chi connectivity index (χ0v) is 19.5. The number of nitrogens with one attached hydrogen (secondary N) is 2. The molecule has 1 aliphatic carbocycles. The highest BCUT2D eigenvalue weighted by atomic mass is 127. The second-order valence-electron chi connectivity index (χ2n) is 7.55. The smallest absolute Gasteiger partial charge is 0.191 e. The molecule has 5 nitrogen and oxygen atoms in total. The molecule has 0 amide bonds. The van der Waals surface area contributed by atoms with Crippen molar-refractivity contribution in [1.29, 1.82) is 0 Å². The van der Waals surface area contributed by atoms with Gasteiger partial charge in [-0.3, -0.25) is 0 Å². The van der Waals surface area contributed by atoms with Gasteiger partial charge in [0.15, 0.2) is 15.8 Å². The second-order valence-corrected chi connectivity index (χ2v) is 9.69. The number of aliphatic imine (C=N–C) groups is 1. The fraction of sp³-hybridized carbons (Fsp3) is 0.632. The molecule has 1 aliphatic rings. The van der Waals surface area contributed by atoms with E-state index in [0.717, 1.165) is 13.1 Å². The maximum Gasteiger partial charge on any atom is 0.191 e. The first kappa shape index (κ1) is 24.1. The first-order valence-electron chi connectivity index (χ1n) is 9.18. The lowest BCUT2D eigenvalue weighted by Crippen LogP contribution is -2.42. The van der Waals surface area contributed by atoms with Crippen LogP contribution in [0.5, 0.6) is 0 Å². The molecule has 0 atom stereocenters. The van der Waals surface area contributed by atoms with E-state index in [1.165, 1.54) is 50.1 Å². The third kappa shape index (κ3) is 8.33. The summed E-state index contributed by atoms with van der Waals surface area (Å²) >= 11 is 0. The zero-order valence-electron chi connectivity index (χ0n) is 16.3. The molecular formula is C19H31FIN3O2S. The lowest BCUT2D eigenvalue weighted by atomic mass is 9.89. The normalized spacial score (nSPS) is 16.7. The van der Waals surface area contributed by atoms with Crippen molar-refractivity contribution in [3.8, 4) is 0 Å². The van der Waals surface area contributed by atoms with Crippen LogP contribution in [0.2, 0.25) is 0 Å². The number of hydrogen-bond donors (Lipinski definition) is 2. The molecule has 8 heteroatoms. The molecule has 1 fully saturated rings. The topological polar surface area (TPSA) is 70.6 Å². The van der Waals surface area contributed by atoms with E-state index in [-0.39, 0.29) is 47.5 Å². The maximum absolute atomic E-state index is 13.6. The molecule has 1 aromatic carbocycles. The van der Waals surface area contributed by atoms with Gasteiger partial charge in [-0.15, -0.1) is 24.0 Å². The summed E-state index contributed by atoms with van der Waals surface area (Å²) in [6, 6.07) is 4.19. The monoisotopic (exact) mass is 511 g/mol. The summed E-state index contributed by atoms with van der Waals surface area (Å²) in [5.74, 6) is 0.180. The quantitative estimate of drug-likeness (QED) is 0.334. The molecular weight excluding hydrogens is 480 g/mol. The number of hydrogen-bond acceptors (Lipinski definition) is 3. The molecule has 0 spiro atoms. The van der Waals surface area contributed by atoms with Crippen molar-refractivity contribution in [1.82, 2.24) is 10.6 Å². The van der Waals surface area contributed by atoms with Gasteiger partial charge in [0.2, 0.25) is 0 Å². The standard InChI is InChI=1S/C19H30FN3O2S.HI/c1-4-21-18(23-14-19(2)9-5-6-10-19)22-12-16-11-17(20)8-7-15(16)13-26(3,24)25;/h7-8,11H,4-6,9-10,12-14H2,1-3H3,(H2,21,22,23);1H. The van der Waals surface area contributed by atoms with Crippen molar-refractivity contribution in [2.45, 2.75) is 51.8 Å². The molecule has 0 aromatic heterocycles. The minimum atomic E-state index is -3.19. The molecule has 0 bridgehead atoms. The Balaban J connectivity index is 0.00000364. The Labute approximate surface area is 179 Å². The summed E-state index contributed by atoms with van der Waals surface area (Å²) in [6.07, 6.45) is 6.13. The number of halogens is 2. The summed E-state index contributed by atoms with van der Waals surface area (Å²) in [7, 11) is -3.19. The Morgan fingerprint density at radius 3 is 2.48 bits per heavy atom. The van der Waals surface area contributed by atoms with E-state index in [1.54, 1.807) is 0 Å². The SMILES string of the molecule is CCNC(=NCc1cc(F)ccc1CS(C)(=O)=O)NCC1(C)CCCC1.I. The van der Waals surface area contributed by atoms with Crippen LogP contribution in [0, 0.1) is 11.2 Å². The lowest BCUT2D eigenvalue weighted by molar-refractivity contribution is 0.334. The highest BCUT2D eigenvalue weighted by molar-refractivity contribution is 14.0. The van der Waals surface area contributed by atoms with Crippen molar-refractivity contribution < 1.29 is 12.8 Å². The van der Waals surface area contributed by atoms with Crippen molar-refractivity contribution in [2.75, 3.05) is 19.3 Å². The number of sulfone groups is 1. The molecule has 0 radical (unpaired) electrons. The van der Waals surface area contributed by atoms with E-state index < -0.39 is 9.84 Å². The molecule has 0 aliphatic heterocycles. The molecule has 1 aromatic rings. The molecule has 0 heterocycles. The van der Waals surface area contributed by atoms with E-state index in [0.29, 0.717) is 17.1 Å². The van der Waals surface area contributed by atoms with Gasteiger partial charge in [0.05, 0.1) is 12.3 Å². The van der Waals surface area contributed by atoms with Crippen LogP contribution in [-0.2, 0) is 22.1 Å². The van der Waals surface area contributed by atoms with Gasteiger partial charge in [0.1, 0.15) is 5.82 Å². The largest absolute Gasteiger partial charge is 0.357 e. The van der Waals surface area contributed by atoms with Crippen molar-refractivity contribution in [2.24, 2.45) is 10.4 Å². The average Bonchev–Trinajstić information content (AvgIpc) is 2.98.